The summed E-state index contributed by atoms with van der Waals surface area (Å²) in [5.41, 5.74) is 2.41. The first-order valence-electron chi connectivity index (χ1n) is 6.48. The normalized spacial score (nSPS) is 12.9. The maximum atomic E-state index is 5.72. The van der Waals surface area contributed by atoms with Crippen molar-refractivity contribution < 1.29 is 8.83 Å². The maximum Gasteiger partial charge on any atom is 0.125 e. The van der Waals surface area contributed by atoms with Crippen LogP contribution in [-0.2, 0) is 0 Å². The molecular weight excluding hydrogens is 226 g/mol. The van der Waals surface area contributed by atoms with Crippen LogP contribution in [0.2, 0.25) is 0 Å². The lowest BCUT2D eigenvalue weighted by Crippen LogP contribution is -2.23. The highest BCUT2D eigenvalue weighted by atomic mass is 16.3. The Morgan fingerprint density at radius 1 is 1.22 bits per heavy atom. The molecule has 0 aliphatic rings. The van der Waals surface area contributed by atoms with Gasteiger partial charge in [-0.15, -0.1) is 0 Å². The number of rotatable bonds is 5. The Bertz CT molecular complexity index is 497. The van der Waals surface area contributed by atoms with Gasteiger partial charge in [-0.2, -0.15) is 0 Å². The van der Waals surface area contributed by atoms with Crippen molar-refractivity contribution in [2.75, 3.05) is 6.54 Å². The van der Waals surface area contributed by atoms with Crippen LogP contribution < -0.4 is 5.32 Å². The van der Waals surface area contributed by atoms with Gasteiger partial charge in [0.2, 0.25) is 0 Å². The molecule has 3 heteroatoms. The van der Waals surface area contributed by atoms with Crippen LogP contribution in [-0.4, -0.2) is 6.54 Å². The van der Waals surface area contributed by atoms with Crippen molar-refractivity contribution in [1.82, 2.24) is 5.32 Å². The molecule has 0 saturated carbocycles. The predicted octanol–water partition coefficient (Wildman–Crippen LogP) is 3.89. The molecule has 0 radical (unpaired) electrons. The van der Waals surface area contributed by atoms with E-state index >= 15 is 0 Å². The van der Waals surface area contributed by atoms with Crippen LogP contribution in [0.1, 0.15) is 47.8 Å². The topological polar surface area (TPSA) is 38.3 Å². The number of nitrogens with one attached hydrogen (secondary N) is 1. The van der Waals surface area contributed by atoms with Gasteiger partial charge in [0.15, 0.2) is 0 Å². The Morgan fingerprint density at radius 2 is 2.00 bits per heavy atom. The van der Waals surface area contributed by atoms with Crippen LogP contribution in [0.15, 0.2) is 27.2 Å². The van der Waals surface area contributed by atoms with E-state index in [1.54, 1.807) is 6.26 Å². The van der Waals surface area contributed by atoms with Crippen molar-refractivity contribution in [1.29, 1.82) is 0 Å². The highest BCUT2D eigenvalue weighted by molar-refractivity contribution is 5.38. The van der Waals surface area contributed by atoms with Gasteiger partial charge < -0.3 is 14.2 Å². The quantitative estimate of drug-likeness (QED) is 0.871. The summed E-state index contributed by atoms with van der Waals surface area (Å²) in [7, 11) is 0. The van der Waals surface area contributed by atoms with Crippen LogP contribution >= 0.6 is 0 Å². The molecule has 0 aromatic carbocycles. The van der Waals surface area contributed by atoms with Gasteiger partial charge in [0.25, 0.3) is 0 Å². The molecule has 2 aromatic heterocycles. The Balaban J connectivity index is 2.40. The minimum Gasteiger partial charge on any atom is -0.467 e. The molecule has 0 aliphatic carbocycles. The molecule has 2 rings (SSSR count). The van der Waals surface area contributed by atoms with E-state index in [0.29, 0.717) is 0 Å². The lowest BCUT2D eigenvalue weighted by atomic mass is 10.00. The zero-order chi connectivity index (χ0) is 13.1. The van der Waals surface area contributed by atoms with Crippen LogP contribution in [0, 0.1) is 20.8 Å². The van der Waals surface area contributed by atoms with Gasteiger partial charge in [-0.05, 0) is 51.4 Å². The first-order chi connectivity index (χ1) is 8.65. The van der Waals surface area contributed by atoms with Crippen LogP contribution in [0.4, 0.5) is 0 Å². The zero-order valence-electron chi connectivity index (χ0n) is 11.5. The van der Waals surface area contributed by atoms with E-state index in [1.165, 1.54) is 11.1 Å². The molecule has 2 heterocycles. The van der Waals surface area contributed by atoms with Gasteiger partial charge in [-0.1, -0.05) is 6.92 Å². The highest BCUT2D eigenvalue weighted by Gasteiger charge is 2.23. The number of hydrogen-bond acceptors (Lipinski definition) is 3. The Hall–Kier alpha value is -1.48. The van der Waals surface area contributed by atoms with E-state index in [9.17, 15) is 0 Å². The number of aryl methyl sites for hydroxylation is 2. The maximum absolute atomic E-state index is 5.72. The Kier molecular flexibility index (Phi) is 3.92. The average Bonchev–Trinajstić information content (AvgIpc) is 2.93. The molecule has 2 aromatic rings. The predicted molar refractivity (Wildman–Crippen MR) is 71.8 cm³/mol. The standard InChI is InChI=1S/C15H21NO2/c1-5-8-16-15(13-7-6-9-17-13)14-10(2)11(3)18-12(14)4/h6-7,9,15-16H,5,8H2,1-4H3. The molecule has 1 N–H and O–H groups in total. The minimum atomic E-state index is 0.0809. The van der Waals surface area contributed by atoms with Crippen molar-refractivity contribution in [3.05, 3.63) is 46.8 Å². The van der Waals surface area contributed by atoms with Crippen molar-refractivity contribution in [3.8, 4) is 0 Å². The van der Waals surface area contributed by atoms with Gasteiger partial charge in [0, 0.05) is 5.56 Å². The third kappa shape index (κ3) is 2.36. The van der Waals surface area contributed by atoms with Crippen molar-refractivity contribution in [3.63, 3.8) is 0 Å². The second-order valence-corrected chi connectivity index (χ2v) is 4.66. The third-order valence-electron chi connectivity index (χ3n) is 3.33. The fraction of sp³-hybridized carbons (Fsp3) is 0.467. The molecule has 0 saturated heterocycles. The molecule has 98 valence electrons. The summed E-state index contributed by atoms with van der Waals surface area (Å²) >= 11 is 0. The number of furan rings is 2. The SMILES string of the molecule is CCCNC(c1ccco1)c1c(C)oc(C)c1C. The van der Waals surface area contributed by atoms with Gasteiger partial charge >= 0.3 is 0 Å². The van der Waals surface area contributed by atoms with E-state index in [0.717, 1.165) is 30.2 Å². The molecule has 0 fully saturated rings. The molecule has 1 atom stereocenters. The molecule has 18 heavy (non-hydrogen) atoms. The van der Waals surface area contributed by atoms with E-state index in [2.05, 4.69) is 19.2 Å². The van der Waals surface area contributed by atoms with Gasteiger partial charge in [0.1, 0.15) is 17.3 Å². The molecule has 0 amide bonds. The lowest BCUT2D eigenvalue weighted by Gasteiger charge is -2.17. The van der Waals surface area contributed by atoms with E-state index in [1.807, 2.05) is 26.0 Å². The van der Waals surface area contributed by atoms with E-state index < -0.39 is 0 Å². The smallest absolute Gasteiger partial charge is 0.125 e. The summed E-state index contributed by atoms with van der Waals surface area (Å²) in [4.78, 5) is 0. The molecule has 0 bridgehead atoms. The fourth-order valence-electron chi connectivity index (χ4n) is 2.32. The zero-order valence-corrected chi connectivity index (χ0v) is 11.5. The highest BCUT2D eigenvalue weighted by Crippen LogP contribution is 2.31. The molecule has 3 nitrogen and oxygen atoms in total. The summed E-state index contributed by atoms with van der Waals surface area (Å²) < 4.78 is 11.3. The van der Waals surface area contributed by atoms with Crippen molar-refractivity contribution >= 4 is 0 Å². The molecule has 1 unspecified atom stereocenters. The summed E-state index contributed by atoms with van der Waals surface area (Å²) in [6.07, 6.45) is 2.81. The van der Waals surface area contributed by atoms with Gasteiger partial charge in [-0.3, -0.25) is 0 Å². The molecule has 0 aliphatic heterocycles. The van der Waals surface area contributed by atoms with Crippen LogP contribution in [0.25, 0.3) is 0 Å². The summed E-state index contributed by atoms with van der Waals surface area (Å²) in [5.74, 6) is 2.89. The van der Waals surface area contributed by atoms with E-state index in [4.69, 9.17) is 8.83 Å². The average molecular weight is 247 g/mol. The second-order valence-electron chi connectivity index (χ2n) is 4.66. The van der Waals surface area contributed by atoms with Gasteiger partial charge in [0.05, 0.1) is 12.3 Å². The molecule has 0 spiro atoms. The van der Waals surface area contributed by atoms with Crippen molar-refractivity contribution in [2.24, 2.45) is 0 Å². The first-order valence-corrected chi connectivity index (χ1v) is 6.48. The summed E-state index contributed by atoms with van der Waals surface area (Å²) in [5, 5.41) is 3.53. The summed E-state index contributed by atoms with van der Waals surface area (Å²) in [6.45, 7) is 9.23. The van der Waals surface area contributed by atoms with Crippen LogP contribution in [0.3, 0.4) is 0 Å². The molecular formula is C15H21NO2. The summed E-state index contributed by atoms with van der Waals surface area (Å²) in [6, 6.07) is 4.01. The minimum absolute atomic E-state index is 0.0809. The van der Waals surface area contributed by atoms with Crippen LogP contribution in [0.5, 0.6) is 0 Å². The lowest BCUT2D eigenvalue weighted by molar-refractivity contribution is 0.437. The second kappa shape index (κ2) is 5.44. The Labute approximate surface area is 108 Å². The first kappa shape index (κ1) is 13.0. The largest absolute Gasteiger partial charge is 0.467 e. The monoisotopic (exact) mass is 247 g/mol. The van der Waals surface area contributed by atoms with Crippen molar-refractivity contribution in [2.45, 2.75) is 40.2 Å². The fourth-order valence-corrected chi connectivity index (χ4v) is 2.32. The Morgan fingerprint density at radius 3 is 2.50 bits per heavy atom. The van der Waals surface area contributed by atoms with E-state index in [-0.39, 0.29) is 6.04 Å². The third-order valence-corrected chi connectivity index (χ3v) is 3.33. The van der Waals surface area contributed by atoms with Gasteiger partial charge in [-0.25, -0.2) is 0 Å². The number of hydrogen-bond donors (Lipinski definition) is 1.